The van der Waals surface area contributed by atoms with E-state index in [2.05, 4.69) is 10.6 Å². The lowest BCUT2D eigenvalue weighted by Gasteiger charge is -2.12. The average molecular weight is 228 g/mol. The molecular weight excluding hydrogens is 208 g/mol. The summed E-state index contributed by atoms with van der Waals surface area (Å²) in [5.41, 5.74) is 0. The number of carbonyl (C=O) groups is 2. The molecule has 1 rings (SSSR count). The summed E-state index contributed by atoms with van der Waals surface area (Å²) in [6.07, 6.45) is 5.18. The van der Waals surface area contributed by atoms with Crippen LogP contribution >= 0.6 is 0 Å². The molecule has 0 aromatic heterocycles. The van der Waals surface area contributed by atoms with Gasteiger partial charge in [-0.15, -0.1) is 0 Å². The van der Waals surface area contributed by atoms with Gasteiger partial charge in [0.1, 0.15) is 6.04 Å². The van der Waals surface area contributed by atoms with E-state index in [9.17, 15) is 9.59 Å². The number of nitrogens with one attached hydrogen (secondary N) is 2. The molecule has 16 heavy (non-hydrogen) atoms. The normalized spacial score (nSPS) is 16.6. The molecule has 0 aromatic carbocycles. The Bertz CT molecular complexity index is 252. The fourth-order valence-corrected chi connectivity index (χ4v) is 1.55. The van der Waals surface area contributed by atoms with Crippen molar-refractivity contribution in [3.8, 4) is 0 Å². The Morgan fingerprint density at radius 1 is 1.44 bits per heavy atom. The summed E-state index contributed by atoms with van der Waals surface area (Å²) in [6, 6.07) is -1.17. The Morgan fingerprint density at radius 3 is 2.62 bits per heavy atom. The van der Waals surface area contributed by atoms with Crippen LogP contribution in [0, 0.1) is 5.92 Å². The minimum Gasteiger partial charge on any atom is -0.480 e. The Kier molecular flexibility index (Phi) is 5.08. The van der Waals surface area contributed by atoms with Gasteiger partial charge in [-0.25, -0.2) is 9.59 Å². The number of amides is 2. The van der Waals surface area contributed by atoms with E-state index in [0.717, 1.165) is 18.8 Å². The molecule has 1 atom stereocenters. The molecule has 0 radical (unpaired) electrons. The van der Waals surface area contributed by atoms with E-state index in [0.29, 0.717) is 13.0 Å². The summed E-state index contributed by atoms with van der Waals surface area (Å²) in [6.45, 7) is 2.35. The molecule has 0 spiro atoms. The van der Waals surface area contributed by atoms with E-state index in [1.807, 2.05) is 0 Å². The lowest BCUT2D eigenvalue weighted by molar-refractivity contribution is -0.139. The monoisotopic (exact) mass is 228 g/mol. The van der Waals surface area contributed by atoms with Crippen molar-refractivity contribution in [2.75, 3.05) is 6.54 Å². The minimum absolute atomic E-state index is 0.384. The summed E-state index contributed by atoms with van der Waals surface area (Å²) in [7, 11) is 0. The van der Waals surface area contributed by atoms with Gasteiger partial charge in [-0.2, -0.15) is 0 Å². The predicted octanol–water partition coefficient (Wildman–Crippen LogP) is 1.34. The van der Waals surface area contributed by atoms with Crippen molar-refractivity contribution in [1.29, 1.82) is 0 Å². The quantitative estimate of drug-likeness (QED) is 0.575. The molecule has 0 bridgehead atoms. The summed E-state index contributed by atoms with van der Waals surface area (Å²) >= 11 is 0. The number of carboxylic acid groups (broad SMARTS) is 1. The number of hydrogen-bond donors (Lipinski definition) is 3. The maximum absolute atomic E-state index is 11.3. The fraction of sp³-hybridized carbons (Fsp3) is 0.818. The van der Waals surface area contributed by atoms with E-state index < -0.39 is 12.0 Å². The second kappa shape index (κ2) is 6.35. The van der Waals surface area contributed by atoms with Crippen LogP contribution in [0.3, 0.4) is 0 Å². The molecule has 0 aromatic rings. The lowest BCUT2D eigenvalue weighted by atomic mass is 10.2. The van der Waals surface area contributed by atoms with Gasteiger partial charge in [0.15, 0.2) is 0 Å². The molecule has 1 fully saturated rings. The molecule has 2 amide bonds. The first-order valence-electron chi connectivity index (χ1n) is 5.90. The number of carbonyl (C=O) groups excluding carboxylic acids is 1. The maximum Gasteiger partial charge on any atom is 0.326 e. The van der Waals surface area contributed by atoms with Crippen molar-refractivity contribution in [2.45, 2.75) is 45.1 Å². The SMILES string of the molecule is CC[C@@H](NC(=O)NCCCC1CC1)C(=O)O. The topological polar surface area (TPSA) is 78.4 Å². The minimum atomic E-state index is -0.990. The van der Waals surface area contributed by atoms with Crippen LogP contribution in [-0.2, 0) is 4.79 Å². The highest BCUT2D eigenvalue weighted by molar-refractivity contribution is 5.82. The van der Waals surface area contributed by atoms with Crippen LogP contribution in [0.1, 0.15) is 39.0 Å². The summed E-state index contributed by atoms with van der Waals surface area (Å²) in [4.78, 5) is 21.9. The molecule has 1 aliphatic carbocycles. The van der Waals surface area contributed by atoms with E-state index >= 15 is 0 Å². The summed E-state index contributed by atoms with van der Waals surface area (Å²) < 4.78 is 0. The summed E-state index contributed by atoms with van der Waals surface area (Å²) in [5, 5.41) is 13.8. The molecule has 0 unspecified atom stereocenters. The maximum atomic E-state index is 11.3. The molecule has 92 valence electrons. The van der Waals surface area contributed by atoms with Crippen molar-refractivity contribution in [3.63, 3.8) is 0 Å². The molecule has 3 N–H and O–H groups in total. The van der Waals surface area contributed by atoms with Crippen LogP contribution in [0.15, 0.2) is 0 Å². The zero-order valence-electron chi connectivity index (χ0n) is 9.66. The number of hydrogen-bond acceptors (Lipinski definition) is 2. The standard InChI is InChI=1S/C11H20N2O3/c1-2-9(10(14)15)13-11(16)12-7-3-4-8-5-6-8/h8-9H,2-7H2,1H3,(H,14,15)(H2,12,13,16)/t9-/m1/s1. The predicted molar refractivity (Wildman–Crippen MR) is 60.2 cm³/mol. The van der Waals surface area contributed by atoms with E-state index in [4.69, 9.17) is 5.11 Å². The second-order valence-corrected chi connectivity index (χ2v) is 4.28. The smallest absolute Gasteiger partial charge is 0.326 e. The highest BCUT2D eigenvalue weighted by Gasteiger charge is 2.20. The van der Waals surface area contributed by atoms with Gasteiger partial charge >= 0.3 is 12.0 Å². The van der Waals surface area contributed by atoms with E-state index in [1.165, 1.54) is 12.8 Å². The molecule has 0 saturated heterocycles. The van der Waals surface area contributed by atoms with Gasteiger partial charge in [-0.1, -0.05) is 19.8 Å². The van der Waals surface area contributed by atoms with Gasteiger partial charge in [0, 0.05) is 6.54 Å². The number of aliphatic carboxylic acids is 1. The van der Waals surface area contributed by atoms with E-state index in [-0.39, 0.29) is 6.03 Å². The molecule has 1 aliphatic rings. The van der Waals surface area contributed by atoms with Crippen LogP contribution in [0.25, 0.3) is 0 Å². The third kappa shape index (κ3) is 5.00. The van der Waals surface area contributed by atoms with Gasteiger partial charge in [-0.05, 0) is 25.2 Å². The Labute approximate surface area is 95.6 Å². The third-order valence-corrected chi connectivity index (χ3v) is 2.78. The van der Waals surface area contributed by atoms with Crippen molar-refractivity contribution in [3.05, 3.63) is 0 Å². The average Bonchev–Trinajstić information content (AvgIpc) is 3.04. The number of rotatable bonds is 7. The van der Waals surface area contributed by atoms with Crippen LogP contribution in [0.5, 0.6) is 0 Å². The fourth-order valence-electron chi connectivity index (χ4n) is 1.55. The first-order valence-corrected chi connectivity index (χ1v) is 5.90. The van der Waals surface area contributed by atoms with Gasteiger partial charge < -0.3 is 15.7 Å². The van der Waals surface area contributed by atoms with E-state index in [1.54, 1.807) is 6.92 Å². The largest absolute Gasteiger partial charge is 0.480 e. The highest BCUT2D eigenvalue weighted by atomic mass is 16.4. The molecule has 1 saturated carbocycles. The molecule has 5 nitrogen and oxygen atoms in total. The van der Waals surface area contributed by atoms with Crippen LogP contribution in [-0.4, -0.2) is 29.7 Å². The summed E-state index contributed by atoms with van der Waals surface area (Å²) in [5.74, 6) is -0.122. The van der Waals surface area contributed by atoms with Crippen LogP contribution < -0.4 is 10.6 Å². The van der Waals surface area contributed by atoms with Crippen LogP contribution in [0.2, 0.25) is 0 Å². The zero-order chi connectivity index (χ0) is 12.0. The van der Waals surface area contributed by atoms with Crippen molar-refractivity contribution < 1.29 is 14.7 Å². The number of carboxylic acids is 1. The molecule has 0 aliphatic heterocycles. The lowest BCUT2D eigenvalue weighted by Crippen LogP contribution is -2.45. The zero-order valence-corrected chi connectivity index (χ0v) is 9.66. The Hall–Kier alpha value is -1.26. The van der Waals surface area contributed by atoms with Gasteiger partial charge in [0.25, 0.3) is 0 Å². The molecular formula is C11H20N2O3. The van der Waals surface area contributed by atoms with Crippen LogP contribution in [0.4, 0.5) is 4.79 Å². The third-order valence-electron chi connectivity index (χ3n) is 2.78. The first kappa shape index (κ1) is 12.8. The molecule has 0 heterocycles. The molecule has 5 heteroatoms. The highest BCUT2D eigenvalue weighted by Crippen LogP contribution is 2.33. The van der Waals surface area contributed by atoms with Crippen molar-refractivity contribution in [1.82, 2.24) is 10.6 Å². The van der Waals surface area contributed by atoms with Gasteiger partial charge in [0.05, 0.1) is 0 Å². The number of urea groups is 1. The van der Waals surface area contributed by atoms with Crippen molar-refractivity contribution in [2.24, 2.45) is 5.92 Å². The Morgan fingerprint density at radius 2 is 2.12 bits per heavy atom. The first-order chi connectivity index (χ1) is 7.63. The van der Waals surface area contributed by atoms with Gasteiger partial charge in [0.2, 0.25) is 0 Å². The second-order valence-electron chi connectivity index (χ2n) is 4.28. The Balaban J connectivity index is 2.06. The van der Waals surface area contributed by atoms with Crippen molar-refractivity contribution >= 4 is 12.0 Å². The van der Waals surface area contributed by atoms with Gasteiger partial charge in [-0.3, -0.25) is 0 Å².